The number of halogens is 2. The Labute approximate surface area is 165 Å². The highest BCUT2D eigenvalue weighted by Gasteiger charge is 2.24. The second-order valence-corrected chi connectivity index (χ2v) is 7.76. The number of nitrogens with one attached hydrogen (secondary N) is 1. The van der Waals surface area contributed by atoms with Crippen molar-refractivity contribution in [2.45, 2.75) is 4.90 Å². The van der Waals surface area contributed by atoms with Crippen molar-refractivity contribution in [3.8, 4) is 17.5 Å². The van der Waals surface area contributed by atoms with Gasteiger partial charge in [-0.05, 0) is 24.3 Å². The number of nitrogens with zero attached hydrogens (tertiary/aromatic N) is 3. The average Bonchev–Trinajstić information content (AvgIpc) is 3.02. The molecule has 1 amide bonds. The third-order valence-corrected chi connectivity index (χ3v) is 5.65. The van der Waals surface area contributed by atoms with E-state index >= 15 is 0 Å². The number of nitriles is 1. The summed E-state index contributed by atoms with van der Waals surface area (Å²) in [6, 6.07) is 11.5. The van der Waals surface area contributed by atoms with Gasteiger partial charge in [-0.1, -0.05) is 29.8 Å². The molecule has 3 rings (SSSR count). The minimum Gasteiger partial charge on any atom is -0.333 e. The molecular weight excluding hydrogens is 407 g/mol. The predicted molar refractivity (Wildman–Crippen MR) is 99.4 cm³/mol. The Morgan fingerprint density at radius 2 is 1.96 bits per heavy atom. The number of benzene rings is 2. The zero-order chi connectivity index (χ0) is 20.5. The Morgan fingerprint density at radius 1 is 1.25 bits per heavy atom. The summed E-state index contributed by atoms with van der Waals surface area (Å²) in [5.74, 6) is -1.70. The maximum Gasteiger partial charge on any atom is 0.285 e. The van der Waals surface area contributed by atoms with Crippen molar-refractivity contribution in [3.05, 3.63) is 70.8 Å². The number of carbonyl (C=O) groups excluding carboxylic acids is 1. The number of aromatic nitrogens is 2. The molecule has 0 aliphatic heterocycles. The first-order valence-corrected chi connectivity index (χ1v) is 9.64. The van der Waals surface area contributed by atoms with E-state index in [2.05, 4.69) is 4.98 Å². The smallest absolute Gasteiger partial charge is 0.285 e. The molecule has 10 heteroatoms. The van der Waals surface area contributed by atoms with Gasteiger partial charge in [-0.2, -0.15) is 5.26 Å². The topological polar surface area (TPSA) is 105 Å². The molecule has 1 N–H and O–H groups in total. The first-order valence-electron chi connectivity index (χ1n) is 7.78. The molecule has 0 aliphatic rings. The molecule has 0 aliphatic carbocycles. The zero-order valence-electron chi connectivity index (χ0n) is 14.3. The minimum atomic E-state index is -4.23. The van der Waals surface area contributed by atoms with Crippen LogP contribution < -0.4 is 4.72 Å². The molecule has 0 unspecified atom stereocenters. The number of hydrogen-bond donors (Lipinski definition) is 1. The standard InChI is InChI=1S/C18H12ClFN4O3S/c1-24-10-14(22-17(24)16-11(9-21)5-4-7-13(16)20)18(25)23-28(26,27)15-8-3-2-6-12(15)19/h2-8,10H,1H3,(H,23,25). The van der Waals surface area contributed by atoms with Gasteiger partial charge in [-0.3, -0.25) is 4.79 Å². The molecular formula is C18H12ClFN4O3S. The van der Waals surface area contributed by atoms with Gasteiger partial charge in [0.15, 0.2) is 0 Å². The third kappa shape index (κ3) is 3.60. The summed E-state index contributed by atoms with van der Waals surface area (Å²) in [6.07, 6.45) is 1.24. The van der Waals surface area contributed by atoms with Gasteiger partial charge in [-0.15, -0.1) is 0 Å². The van der Waals surface area contributed by atoms with Crippen molar-refractivity contribution in [1.29, 1.82) is 5.26 Å². The van der Waals surface area contributed by atoms with Crippen LogP contribution in [0.5, 0.6) is 0 Å². The fourth-order valence-electron chi connectivity index (χ4n) is 2.54. The van der Waals surface area contributed by atoms with Crippen LogP contribution in [0.1, 0.15) is 16.1 Å². The normalized spacial score (nSPS) is 11.1. The Kier molecular flexibility index (Phi) is 5.18. The lowest BCUT2D eigenvalue weighted by Crippen LogP contribution is -2.31. The number of amides is 1. The van der Waals surface area contributed by atoms with Crippen LogP contribution in [0.15, 0.2) is 53.6 Å². The van der Waals surface area contributed by atoms with Gasteiger partial charge in [0.05, 0.1) is 22.2 Å². The summed E-state index contributed by atoms with van der Waals surface area (Å²) in [5, 5.41) is 9.14. The maximum absolute atomic E-state index is 14.2. The van der Waals surface area contributed by atoms with Crippen LogP contribution in [-0.4, -0.2) is 23.9 Å². The van der Waals surface area contributed by atoms with E-state index in [9.17, 15) is 22.9 Å². The number of carbonyl (C=O) groups is 1. The molecule has 2 aromatic carbocycles. The van der Waals surface area contributed by atoms with Gasteiger partial charge in [0.1, 0.15) is 22.2 Å². The second kappa shape index (κ2) is 7.42. The van der Waals surface area contributed by atoms with Crippen molar-refractivity contribution in [2.24, 2.45) is 7.05 Å². The molecule has 0 spiro atoms. The number of hydrogen-bond acceptors (Lipinski definition) is 5. The first-order chi connectivity index (χ1) is 13.2. The maximum atomic E-state index is 14.2. The Hall–Kier alpha value is -3.22. The molecule has 0 fully saturated rings. The largest absolute Gasteiger partial charge is 0.333 e. The van der Waals surface area contributed by atoms with Gasteiger partial charge in [-0.25, -0.2) is 22.5 Å². The molecule has 0 bridgehead atoms. The Morgan fingerprint density at radius 3 is 2.64 bits per heavy atom. The fraction of sp³-hybridized carbons (Fsp3) is 0.0556. The Bertz CT molecular complexity index is 1230. The molecule has 0 atom stereocenters. The van der Waals surface area contributed by atoms with Crippen LogP contribution in [0.2, 0.25) is 5.02 Å². The molecule has 3 aromatic rings. The summed E-state index contributed by atoms with van der Waals surface area (Å²) in [7, 11) is -2.74. The molecule has 0 saturated heterocycles. The van der Waals surface area contributed by atoms with Gasteiger partial charge in [0, 0.05) is 13.2 Å². The monoisotopic (exact) mass is 418 g/mol. The van der Waals surface area contributed by atoms with Crippen molar-refractivity contribution in [3.63, 3.8) is 0 Å². The van der Waals surface area contributed by atoms with Gasteiger partial charge >= 0.3 is 0 Å². The lowest BCUT2D eigenvalue weighted by Gasteiger charge is -2.07. The second-order valence-electron chi connectivity index (χ2n) is 5.70. The van der Waals surface area contributed by atoms with Gasteiger partial charge in [0.2, 0.25) is 0 Å². The molecule has 28 heavy (non-hydrogen) atoms. The van der Waals surface area contributed by atoms with Crippen LogP contribution in [-0.2, 0) is 17.1 Å². The molecule has 7 nitrogen and oxygen atoms in total. The van der Waals surface area contributed by atoms with E-state index in [0.29, 0.717) is 0 Å². The van der Waals surface area contributed by atoms with E-state index < -0.39 is 21.7 Å². The molecule has 0 saturated carbocycles. The van der Waals surface area contributed by atoms with Crippen LogP contribution in [0.4, 0.5) is 4.39 Å². The van der Waals surface area contributed by atoms with Crippen LogP contribution in [0.3, 0.4) is 0 Å². The predicted octanol–water partition coefficient (Wildman–Crippen LogP) is 2.87. The molecule has 1 heterocycles. The number of rotatable bonds is 4. The van der Waals surface area contributed by atoms with E-state index in [4.69, 9.17) is 11.6 Å². The molecule has 142 valence electrons. The average molecular weight is 419 g/mol. The highest BCUT2D eigenvalue weighted by atomic mass is 35.5. The van der Waals surface area contributed by atoms with E-state index in [-0.39, 0.29) is 32.6 Å². The summed E-state index contributed by atoms with van der Waals surface area (Å²) < 4.78 is 42.2. The SMILES string of the molecule is Cn1cc(C(=O)NS(=O)(=O)c2ccccc2Cl)nc1-c1c(F)cccc1C#N. The van der Waals surface area contributed by atoms with Gasteiger partial charge in [0.25, 0.3) is 15.9 Å². The highest BCUT2D eigenvalue weighted by Crippen LogP contribution is 2.26. The summed E-state index contributed by atoms with van der Waals surface area (Å²) in [6.45, 7) is 0. The number of sulfonamides is 1. The van der Waals surface area contributed by atoms with E-state index in [1.807, 2.05) is 10.8 Å². The fourth-order valence-corrected chi connectivity index (χ4v) is 4.03. The quantitative estimate of drug-likeness (QED) is 0.701. The number of imidazole rings is 1. The summed E-state index contributed by atoms with van der Waals surface area (Å²) in [4.78, 5) is 16.2. The van der Waals surface area contributed by atoms with Crippen LogP contribution in [0.25, 0.3) is 11.4 Å². The van der Waals surface area contributed by atoms with Crippen LogP contribution in [0, 0.1) is 17.1 Å². The molecule has 0 radical (unpaired) electrons. The Balaban J connectivity index is 1.97. The summed E-state index contributed by atoms with van der Waals surface area (Å²) >= 11 is 5.88. The van der Waals surface area contributed by atoms with Crippen molar-refractivity contribution < 1.29 is 17.6 Å². The van der Waals surface area contributed by atoms with Crippen molar-refractivity contribution >= 4 is 27.5 Å². The number of aryl methyl sites for hydroxylation is 1. The van der Waals surface area contributed by atoms with Crippen molar-refractivity contribution in [1.82, 2.24) is 14.3 Å². The first kappa shape index (κ1) is 19.5. The lowest BCUT2D eigenvalue weighted by molar-refractivity contribution is 0.0977. The van der Waals surface area contributed by atoms with E-state index in [1.165, 1.54) is 48.1 Å². The minimum absolute atomic E-state index is 0.00921. The van der Waals surface area contributed by atoms with Crippen LogP contribution >= 0.6 is 11.6 Å². The third-order valence-electron chi connectivity index (χ3n) is 3.82. The highest BCUT2D eigenvalue weighted by molar-refractivity contribution is 7.90. The molecule has 1 aromatic heterocycles. The zero-order valence-corrected chi connectivity index (χ0v) is 15.9. The van der Waals surface area contributed by atoms with E-state index in [1.54, 1.807) is 6.07 Å². The summed E-state index contributed by atoms with van der Waals surface area (Å²) in [5.41, 5.74) is -0.315. The van der Waals surface area contributed by atoms with Gasteiger partial charge < -0.3 is 4.57 Å². The van der Waals surface area contributed by atoms with E-state index in [0.717, 1.165) is 6.07 Å². The van der Waals surface area contributed by atoms with Crippen molar-refractivity contribution in [2.75, 3.05) is 0 Å². The lowest BCUT2D eigenvalue weighted by atomic mass is 10.1.